The number of benzene rings is 2. The van der Waals surface area contributed by atoms with Crippen LogP contribution in [0.2, 0.25) is 0 Å². The molecule has 2 aromatic rings. The van der Waals surface area contributed by atoms with E-state index in [1.165, 1.54) is 5.56 Å². The van der Waals surface area contributed by atoms with E-state index in [-0.39, 0.29) is 0 Å². The molecule has 0 amide bonds. The van der Waals surface area contributed by atoms with Gasteiger partial charge in [0.05, 0.1) is 5.60 Å². The van der Waals surface area contributed by atoms with Crippen LogP contribution >= 0.6 is 0 Å². The zero-order valence-corrected chi connectivity index (χ0v) is 19.3. The molecule has 31 heavy (non-hydrogen) atoms. The Balaban J connectivity index is 1.73. The molecule has 2 N–H and O–H groups in total. The van der Waals surface area contributed by atoms with E-state index in [1.807, 2.05) is 50.2 Å². The van der Waals surface area contributed by atoms with Crippen molar-refractivity contribution in [2.45, 2.75) is 45.1 Å². The van der Waals surface area contributed by atoms with Gasteiger partial charge in [-0.05, 0) is 70.3 Å². The Morgan fingerprint density at radius 3 is 2.42 bits per heavy atom. The van der Waals surface area contributed by atoms with Crippen LogP contribution in [0.15, 0.2) is 42.5 Å². The first-order valence-electron chi connectivity index (χ1n) is 10.7. The van der Waals surface area contributed by atoms with Gasteiger partial charge in [0, 0.05) is 37.3 Å². The lowest BCUT2D eigenvalue weighted by Crippen LogP contribution is -2.34. The smallest absolute Gasteiger partial charge is 0.123 e. The molecule has 5 nitrogen and oxygen atoms in total. The van der Waals surface area contributed by atoms with Gasteiger partial charge >= 0.3 is 0 Å². The van der Waals surface area contributed by atoms with Crippen LogP contribution in [0.3, 0.4) is 0 Å². The van der Waals surface area contributed by atoms with Crippen molar-refractivity contribution in [2.24, 2.45) is 0 Å². The summed E-state index contributed by atoms with van der Waals surface area (Å²) < 4.78 is 5.97. The molecule has 0 bridgehead atoms. The molecule has 166 valence electrons. The maximum atomic E-state index is 10.9. The molecule has 0 radical (unpaired) electrons. The zero-order chi connectivity index (χ0) is 22.6. The Kier molecular flexibility index (Phi) is 7.08. The van der Waals surface area contributed by atoms with Crippen molar-refractivity contribution >= 4 is 0 Å². The average molecular weight is 423 g/mol. The van der Waals surface area contributed by atoms with E-state index in [2.05, 4.69) is 34.9 Å². The Hall–Kier alpha value is -2.36. The normalized spacial score (nSPS) is 16.5. The van der Waals surface area contributed by atoms with Crippen LogP contribution in [0.5, 0.6) is 5.75 Å². The summed E-state index contributed by atoms with van der Waals surface area (Å²) in [5, 5.41) is 20.7. The highest BCUT2D eigenvalue weighted by atomic mass is 16.5. The van der Waals surface area contributed by atoms with E-state index in [0.29, 0.717) is 13.2 Å². The third-order valence-electron chi connectivity index (χ3n) is 5.24. The van der Waals surface area contributed by atoms with Crippen molar-refractivity contribution < 1.29 is 14.9 Å². The minimum Gasteiger partial charge on any atom is -0.492 e. The van der Waals surface area contributed by atoms with Crippen LogP contribution in [0.25, 0.3) is 0 Å². The van der Waals surface area contributed by atoms with Gasteiger partial charge in [0.25, 0.3) is 0 Å². The van der Waals surface area contributed by atoms with E-state index in [0.717, 1.165) is 42.1 Å². The lowest BCUT2D eigenvalue weighted by molar-refractivity contribution is 0.0299. The summed E-state index contributed by atoms with van der Waals surface area (Å²) in [4.78, 5) is 4.35. The lowest BCUT2D eigenvalue weighted by Gasteiger charge is -2.28. The molecule has 2 aromatic carbocycles. The second kappa shape index (κ2) is 9.42. The number of rotatable bonds is 5. The summed E-state index contributed by atoms with van der Waals surface area (Å²) in [6.45, 7) is 8.80. The monoisotopic (exact) mass is 422 g/mol. The number of aliphatic hydroxyl groups is 2. The van der Waals surface area contributed by atoms with E-state index in [9.17, 15) is 10.2 Å². The highest BCUT2D eigenvalue weighted by molar-refractivity contribution is 5.40. The van der Waals surface area contributed by atoms with Crippen molar-refractivity contribution in [1.29, 1.82) is 0 Å². The first-order valence-corrected chi connectivity index (χ1v) is 10.7. The zero-order valence-electron chi connectivity index (χ0n) is 19.3. The Morgan fingerprint density at radius 2 is 1.77 bits per heavy atom. The summed E-state index contributed by atoms with van der Waals surface area (Å²) in [5.74, 6) is 6.75. The van der Waals surface area contributed by atoms with Gasteiger partial charge in [0.2, 0.25) is 0 Å². The first-order chi connectivity index (χ1) is 14.5. The molecule has 1 aliphatic rings. The average Bonchev–Trinajstić information content (AvgIpc) is 2.87. The van der Waals surface area contributed by atoms with Crippen LogP contribution in [-0.2, 0) is 18.7 Å². The van der Waals surface area contributed by atoms with Crippen LogP contribution < -0.4 is 4.74 Å². The summed E-state index contributed by atoms with van der Waals surface area (Å²) in [6, 6.07) is 14.2. The van der Waals surface area contributed by atoms with E-state index >= 15 is 0 Å². The molecule has 0 spiro atoms. The van der Waals surface area contributed by atoms with E-state index < -0.39 is 11.2 Å². The molecule has 1 unspecified atom stereocenters. The second-order valence-electron chi connectivity index (χ2n) is 9.40. The van der Waals surface area contributed by atoms with E-state index in [1.54, 1.807) is 13.8 Å². The highest BCUT2D eigenvalue weighted by Gasteiger charge is 2.26. The standard InChI is InChI=1S/C26H34N2O3/c1-25(2,29)13-12-20-6-8-21(9-7-20)17-28-14-15-31-24-11-10-23(16-22(24)18-28)26(3,30)19-27(4)5/h6-11,16,29-30H,14-15,17-19H2,1-5H3. The molecule has 0 aliphatic carbocycles. The fourth-order valence-corrected chi connectivity index (χ4v) is 3.80. The molecular formula is C26H34N2O3. The molecular weight excluding hydrogens is 388 g/mol. The second-order valence-corrected chi connectivity index (χ2v) is 9.40. The first kappa shape index (κ1) is 23.3. The third kappa shape index (κ3) is 6.81. The van der Waals surface area contributed by atoms with Crippen LogP contribution in [0.1, 0.15) is 43.0 Å². The van der Waals surface area contributed by atoms with Crippen molar-refractivity contribution in [2.75, 3.05) is 33.8 Å². The Morgan fingerprint density at radius 1 is 1.06 bits per heavy atom. The predicted molar refractivity (Wildman–Crippen MR) is 124 cm³/mol. The predicted octanol–water partition coefficient (Wildman–Crippen LogP) is 2.97. The van der Waals surface area contributed by atoms with Crippen molar-refractivity contribution in [3.05, 3.63) is 64.7 Å². The molecule has 0 saturated heterocycles. The Bertz CT molecular complexity index is 947. The fraction of sp³-hybridized carbons (Fsp3) is 0.462. The number of hydrogen-bond donors (Lipinski definition) is 2. The summed E-state index contributed by atoms with van der Waals surface area (Å²) in [6.07, 6.45) is 0. The van der Waals surface area contributed by atoms with Crippen molar-refractivity contribution in [3.8, 4) is 17.6 Å². The van der Waals surface area contributed by atoms with Crippen LogP contribution in [-0.4, -0.2) is 59.4 Å². The maximum Gasteiger partial charge on any atom is 0.123 e. The summed E-state index contributed by atoms with van der Waals surface area (Å²) >= 11 is 0. The topological polar surface area (TPSA) is 56.2 Å². The van der Waals surface area contributed by atoms with Gasteiger partial charge in [-0.25, -0.2) is 0 Å². The Labute approximate surface area is 186 Å². The number of nitrogens with zero attached hydrogens (tertiary/aromatic N) is 2. The summed E-state index contributed by atoms with van der Waals surface area (Å²) in [5.41, 5.74) is 2.18. The summed E-state index contributed by atoms with van der Waals surface area (Å²) in [7, 11) is 3.93. The molecule has 1 aliphatic heterocycles. The third-order valence-corrected chi connectivity index (χ3v) is 5.24. The fourth-order valence-electron chi connectivity index (χ4n) is 3.80. The largest absolute Gasteiger partial charge is 0.492 e. The minimum atomic E-state index is -0.992. The lowest BCUT2D eigenvalue weighted by atomic mass is 9.93. The van der Waals surface area contributed by atoms with Gasteiger partial charge in [-0.3, -0.25) is 4.90 Å². The van der Waals surface area contributed by atoms with Gasteiger partial charge < -0.3 is 19.8 Å². The molecule has 1 heterocycles. The highest BCUT2D eigenvalue weighted by Crippen LogP contribution is 2.30. The van der Waals surface area contributed by atoms with Gasteiger partial charge in [0.15, 0.2) is 0 Å². The van der Waals surface area contributed by atoms with Crippen LogP contribution in [0.4, 0.5) is 0 Å². The number of hydrogen-bond acceptors (Lipinski definition) is 5. The van der Waals surface area contributed by atoms with Gasteiger partial charge in [-0.2, -0.15) is 0 Å². The van der Waals surface area contributed by atoms with Crippen molar-refractivity contribution in [1.82, 2.24) is 9.80 Å². The number of ether oxygens (including phenoxy) is 1. The van der Waals surface area contributed by atoms with Crippen molar-refractivity contribution in [3.63, 3.8) is 0 Å². The molecule has 3 rings (SSSR count). The quantitative estimate of drug-likeness (QED) is 0.726. The molecule has 5 heteroatoms. The SMILES string of the molecule is CN(C)CC(C)(O)c1ccc2c(c1)CN(Cc1ccc(C#CC(C)(C)O)cc1)CCO2. The molecule has 0 aromatic heterocycles. The number of fused-ring (bicyclic) bond motifs is 1. The van der Waals surface area contributed by atoms with Gasteiger partial charge in [0.1, 0.15) is 18.0 Å². The van der Waals surface area contributed by atoms with Gasteiger partial charge in [-0.1, -0.05) is 30.0 Å². The molecule has 0 saturated carbocycles. The molecule has 1 atom stereocenters. The number of likely N-dealkylation sites (N-methyl/N-ethyl adjacent to an activating group) is 1. The van der Waals surface area contributed by atoms with E-state index in [4.69, 9.17) is 4.74 Å². The van der Waals surface area contributed by atoms with Gasteiger partial charge in [-0.15, -0.1) is 0 Å². The minimum absolute atomic E-state index is 0.555. The molecule has 0 fully saturated rings. The maximum absolute atomic E-state index is 10.9. The van der Waals surface area contributed by atoms with Crippen LogP contribution in [0, 0.1) is 11.8 Å².